The number of aliphatic carboxylic acids is 1. The second-order valence-electron chi connectivity index (χ2n) is 7.14. The number of rotatable bonds is 6. The van der Waals surface area contributed by atoms with Gasteiger partial charge in [-0.25, -0.2) is 0 Å². The lowest BCUT2D eigenvalue weighted by Gasteiger charge is -2.39. The van der Waals surface area contributed by atoms with Gasteiger partial charge in [0.15, 0.2) is 0 Å². The van der Waals surface area contributed by atoms with E-state index in [0.717, 1.165) is 45.6 Å². The zero-order chi connectivity index (χ0) is 17.5. The fraction of sp³-hybridized carbons (Fsp3) is 0.889. The molecule has 0 unspecified atom stereocenters. The molecule has 2 aliphatic rings. The third-order valence-corrected chi connectivity index (χ3v) is 5.58. The van der Waals surface area contributed by atoms with Crippen LogP contribution >= 0.6 is 0 Å². The third-order valence-electron chi connectivity index (χ3n) is 5.58. The van der Waals surface area contributed by atoms with E-state index < -0.39 is 5.97 Å². The molecule has 0 radical (unpaired) electrons. The van der Waals surface area contributed by atoms with Gasteiger partial charge in [-0.1, -0.05) is 19.8 Å². The smallest absolute Gasteiger partial charge is 0.317 e. The summed E-state index contributed by atoms with van der Waals surface area (Å²) in [6.07, 6.45) is 6.69. The van der Waals surface area contributed by atoms with Gasteiger partial charge in [0.25, 0.3) is 0 Å². The van der Waals surface area contributed by atoms with Gasteiger partial charge < -0.3 is 10.0 Å². The van der Waals surface area contributed by atoms with Gasteiger partial charge in [-0.15, -0.1) is 0 Å². The molecule has 0 bridgehead atoms. The zero-order valence-corrected chi connectivity index (χ0v) is 15.2. The molecule has 24 heavy (non-hydrogen) atoms. The largest absolute Gasteiger partial charge is 0.480 e. The minimum atomic E-state index is -0.773. The lowest BCUT2D eigenvalue weighted by Crippen LogP contribution is -2.52. The number of hydrogen-bond donors (Lipinski definition) is 1. The minimum Gasteiger partial charge on any atom is -0.480 e. The van der Waals surface area contributed by atoms with Crippen molar-refractivity contribution in [1.29, 1.82) is 0 Å². The van der Waals surface area contributed by atoms with E-state index in [0.29, 0.717) is 0 Å². The Morgan fingerprint density at radius 3 is 2.17 bits per heavy atom. The normalized spacial score (nSPS) is 22.4. The Hall–Kier alpha value is -1.14. The number of likely N-dealkylation sites (tertiary alicyclic amines) is 2. The fourth-order valence-corrected chi connectivity index (χ4v) is 4.03. The van der Waals surface area contributed by atoms with Crippen LogP contribution in [0, 0.1) is 0 Å². The molecule has 1 N–H and O–H groups in total. The highest BCUT2D eigenvalue weighted by atomic mass is 16.4. The number of likely N-dealkylation sites (N-methyl/N-ethyl adjacent to an activating group) is 1. The summed E-state index contributed by atoms with van der Waals surface area (Å²) in [6, 6.07) is 0.254. The maximum atomic E-state index is 12.8. The van der Waals surface area contributed by atoms with E-state index >= 15 is 0 Å². The molecule has 0 saturated carbocycles. The lowest BCUT2D eigenvalue weighted by molar-refractivity contribution is -0.141. The van der Waals surface area contributed by atoms with Crippen LogP contribution in [0.15, 0.2) is 0 Å². The van der Waals surface area contributed by atoms with Gasteiger partial charge in [-0.2, -0.15) is 0 Å². The number of carboxylic acid groups (broad SMARTS) is 1. The van der Waals surface area contributed by atoms with Crippen LogP contribution in [0.2, 0.25) is 0 Å². The summed E-state index contributed by atoms with van der Waals surface area (Å²) in [5.41, 5.74) is 0. The van der Waals surface area contributed by atoms with Crippen LogP contribution in [0.3, 0.4) is 0 Å². The Bertz CT molecular complexity index is 414. The number of amides is 1. The molecule has 1 amide bonds. The summed E-state index contributed by atoms with van der Waals surface area (Å²) in [5.74, 6) is -0.526. The lowest BCUT2D eigenvalue weighted by atomic mass is 10.0. The summed E-state index contributed by atoms with van der Waals surface area (Å²) in [7, 11) is 0. The first kappa shape index (κ1) is 19.2. The predicted octanol–water partition coefficient (Wildman–Crippen LogP) is 1.65. The maximum Gasteiger partial charge on any atom is 0.317 e. The van der Waals surface area contributed by atoms with E-state index in [9.17, 15) is 9.59 Å². The van der Waals surface area contributed by atoms with E-state index in [-0.39, 0.29) is 24.5 Å². The van der Waals surface area contributed by atoms with Crippen molar-refractivity contribution in [2.75, 3.05) is 39.3 Å². The van der Waals surface area contributed by atoms with Crippen molar-refractivity contribution >= 4 is 11.9 Å². The molecule has 2 heterocycles. The summed E-state index contributed by atoms with van der Waals surface area (Å²) in [4.78, 5) is 30.1. The van der Waals surface area contributed by atoms with Crippen molar-refractivity contribution in [2.24, 2.45) is 0 Å². The fourth-order valence-electron chi connectivity index (χ4n) is 4.03. The molecule has 0 aromatic heterocycles. The number of carbonyl (C=O) groups is 2. The molecule has 1 atom stereocenters. The highest BCUT2D eigenvalue weighted by molar-refractivity contribution is 5.81. The van der Waals surface area contributed by atoms with Gasteiger partial charge in [-0.3, -0.25) is 19.4 Å². The number of carbonyl (C=O) groups excluding carboxylic acids is 1. The zero-order valence-electron chi connectivity index (χ0n) is 15.2. The van der Waals surface area contributed by atoms with Crippen LogP contribution < -0.4 is 0 Å². The Labute approximate surface area is 145 Å². The Morgan fingerprint density at radius 1 is 1.08 bits per heavy atom. The van der Waals surface area contributed by atoms with Crippen molar-refractivity contribution < 1.29 is 14.7 Å². The summed E-state index contributed by atoms with van der Waals surface area (Å²) >= 11 is 0. The molecule has 2 rings (SSSR count). The molecule has 6 nitrogen and oxygen atoms in total. The van der Waals surface area contributed by atoms with Crippen LogP contribution in [-0.4, -0.2) is 83.0 Å². The van der Waals surface area contributed by atoms with Gasteiger partial charge in [0.05, 0.1) is 12.6 Å². The van der Waals surface area contributed by atoms with Gasteiger partial charge in [0, 0.05) is 19.1 Å². The topological polar surface area (TPSA) is 64.1 Å². The molecule has 138 valence electrons. The molecular weight excluding hydrogens is 306 g/mol. The molecule has 2 saturated heterocycles. The van der Waals surface area contributed by atoms with Crippen molar-refractivity contribution in [2.45, 2.75) is 64.5 Å². The van der Waals surface area contributed by atoms with Gasteiger partial charge >= 0.3 is 5.97 Å². The second-order valence-corrected chi connectivity index (χ2v) is 7.14. The van der Waals surface area contributed by atoms with Crippen molar-refractivity contribution in [3.63, 3.8) is 0 Å². The highest BCUT2D eigenvalue weighted by Crippen LogP contribution is 2.19. The molecular formula is C18H33N3O3. The molecule has 0 aromatic carbocycles. The van der Waals surface area contributed by atoms with E-state index in [1.165, 1.54) is 25.7 Å². The highest BCUT2D eigenvalue weighted by Gasteiger charge is 2.31. The average molecular weight is 339 g/mol. The molecule has 0 aromatic rings. The molecule has 6 heteroatoms. The van der Waals surface area contributed by atoms with Crippen molar-refractivity contribution in [3.05, 3.63) is 0 Å². The van der Waals surface area contributed by atoms with Crippen molar-refractivity contribution in [3.8, 4) is 0 Å². The summed E-state index contributed by atoms with van der Waals surface area (Å²) in [6.45, 7) is 8.45. The number of nitrogens with zero attached hydrogens (tertiary/aromatic N) is 3. The quantitative estimate of drug-likeness (QED) is 0.797. The van der Waals surface area contributed by atoms with Gasteiger partial charge in [-0.05, 0) is 52.2 Å². The molecule has 2 aliphatic heterocycles. The van der Waals surface area contributed by atoms with Crippen LogP contribution in [0.4, 0.5) is 0 Å². The van der Waals surface area contributed by atoms with Crippen LogP contribution in [-0.2, 0) is 9.59 Å². The third kappa shape index (κ3) is 5.18. The minimum absolute atomic E-state index is 0.0269. The van der Waals surface area contributed by atoms with Crippen LogP contribution in [0.25, 0.3) is 0 Å². The predicted molar refractivity (Wildman–Crippen MR) is 94.0 cm³/mol. The number of hydrogen-bond acceptors (Lipinski definition) is 4. The standard InChI is InChI=1S/C18H33N3O3/c1-3-19(14-17(22)23)16-8-12-21(13-9-16)18(24)15(2)20-10-6-4-5-7-11-20/h15-16H,3-14H2,1-2H3,(H,22,23)/t15-/m1/s1. The van der Waals surface area contributed by atoms with E-state index in [2.05, 4.69) is 4.90 Å². The Kier molecular flexibility index (Phi) is 7.49. The van der Waals surface area contributed by atoms with Gasteiger partial charge in [0.1, 0.15) is 0 Å². The molecule has 2 fully saturated rings. The monoisotopic (exact) mass is 339 g/mol. The molecule has 0 aliphatic carbocycles. The van der Waals surface area contributed by atoms with Crippen molar-refractivity contribution in [1.82, 2.24) is 14.7 Å². The Morgan fingerprint density at radius 2 is 1.67 bits per heavy atom. The average Bonchev–Trinajstić information content (AvgIpc) is 2.87. The van der Waals surface area contributed by atoms with Crippen LogP contribution in [0.5, 0.6) is 0 Å². The first-order valence-corrected chi connectivity index (χ1v) is 9.51. The number of piperidine rings is 1. The summed E-state index contributed by atoms with van der Waals surface area (Å²) in [5, 5.41) is 9.01. The SMILES string of the molecule is CCN(CC(=O)O)C1CCN(C(=O)[C@@H](C)N2CCCCCC2)CC1. The summed E-state index contributed by atoms with van der Waals surface area (Å²) < 4.78 is 0. The van der Waals surface area contributed by atoms with E-state index in [1.807, 2.05) is 23.6 Å². The van der Waals surface area contributed by atoms with Crippen LogP contribution in [0.1, 0.15) is 52.4 Å². The molecule has 0 spiro atoms. The number of carboxylic acids is 1. The van der Waals surface area contributed by atoms with E-state index in [4.69, 9.17) is 5.11 Å². The Balaban J connectivity index is 1.84. The first-order valence-electron chi connectivity index (χ1n) is 9.51. The maximum absolute atomic E-state index is 12.8. The van der Waals surface area contributed by atoms with E-state index in [1.54, 1.807) is 0 Å². The second kappa shape index (κ2) is 9.37. The first-order chi connectivity index (χ1) is 11.5. The van der Waals surface area contributed by atoms with Gasteiger partial charge in [0.2, 0.25) is 5.91 Å².